The summed E-state index contributed by atoms with van der Waals surface area (Å²) in [5.74, 6) is 0.439. The van der Waals surface area contributed by atoms with Crippen LogP contribution in [0.2, 0.25) is 0 Å². The molecule has 0 aromatic carbocycles. The van der Waals surface area contributed by atoms with Gasteiger partial charge in [-0.25, -0.2) is 14.1 Å². The maximum absolute atomic E-state index is 14.5. The molecule has 1 amide bonds. The lowest BCUT2D eigenvalue weighted by Crippen LogP contribution is -2.38. The molecule has 1 unspecified atom stereocenters. The van der Waals surface area contributed by atoms with Crippen molar-refractivity contribution in [1.82, 2.24) is 19.7 Å². The molecule has 2 saturated heterocycles. The van der Waals surface area contributed by atoms with Crippen LogP contribution >= 0.6 is 0 Å². The molecule has 138 valence electrons. The van der Waals surface area contributed by atoms with Crippen molar-refractivity contribution in [3.8, 4) is 17.1 Å². The van der Waals surface area contributed by atoms with Gasteiger partial charge in [0.2, 0.25) is 5.91 Å². The minimum absolute atomic E-state index is 0.113. The Morgan fingerprint density at radius 2 is 2.19 bits per heavy atom. The van der Waals surface area contributed by atoms with Gasteiger partial charge in [0.15, 0.2) is 12.0 Å². The van der Waals surface area contributed by atoms with Gasteiger partial charge in [0.25, 0.3) is 0 Å². The Kier molecular flexibility index (Phi) is 4.58. The van der Waals surface area contributed by atoms with E-state index in [1.807, 2.05) is 4.90 Å². The van der Waals surface area contributed by atoms with Gasteiger partial charge in [-0.05, 0) is 24.8 Å². The molecule has 8 heteroatoms. The van der Waals surface area contributed by atoms with Gasteiger partial charge in [0.1, 0.15) is 11.4 Å². The predicted octanol–water partition coefficient (Wildman–Crippen LogP) is 2.25. The third-order valence-corrected chi connectivity index (χ3v) is 4.86. The molecule has 1 atom stereocenters. The van der Waals surface area contributed by atoms with Crippen LogP contribution in [0.4, 0.5) is 4.39 Å². The summed E-state index contributed by atoms with van der Waals surface area (Å²) in [7, 11) is 0. The smallest absolute Gasteiger partial charge is 0.219 e. The van der Waals surface area contributed by atoms with Gasteiger partial charge < -0.3 is 14.4 Å². The molecule has 2 fully saturated rings. The van der Waals surface area contributed by atoms with Crippen LogP contribution in [0.25, 0.3) is 11.4 Å². The number of piperidine rings is 1. The van der Waals surface area contributed by atoms with Crippen LogP contribution in [0.5, 0.6) is 5.75 Å². The number of rotatable bonds is 5. The van der Waals surface area contributed by atoms with Gasteiger partial charge >= 0.3 is 0 Å². The highest BCUT2D eigenvalue weighted by Crippen LogP contribution is 2.30. The molecule has 2 aliphatic rings. The number of epoxide rings is 1. The molecule has 2 aromatic rings. The third kappa shape index (κ3) is 3.55. The van der Waals surface area contributed by atoms with Gasteiger partial charge in [0, 0.05) is 32.3 Å². The Morgan fingerprint density at radius 3 is 2.85 bits per heavy atom. The summed E-state index contributed by atoms with van der Waals surface area (Å²) >= 11 is 0. The van der Waals surface area contributed by atoms with E-state index in [0.29, 0.717) is 30.6 Å². The quantitative estimate of drug-likeness (QED) is 0.765. The van der Waals surface area contributed by atoms with E-state index >= 15 is 0 Å². The normalized spacial score (nSPS) is 20.2. The number of amides is 1. The molecule has 7 nitrogen and oxygen atoms in total. The number of ether oxygens (including phenoxy) is 2. The molecule has 0 spiro atoms. The van der Waals surface area contributed by atoms with Gasteiger partial charge in [-0.3, -0.25) is 4.79 Å². The Hall–Kier alpha value is -2.48. The average Bonchev–Trinajstić information content (AvgIpc) is 3.38. The summed E-state index contributed by atoms with van der Waals surface area (Å²) in [5, 5.41) is 4.16. The minimum atomic E-state index is -0.448. The van der Waals surface area contributed by atoms with Crippen molar-refractivity contribution in [2.24, 2.45) is 5.92 Å². The van der Waals surface area contributed by atoms with Gasteiger partial charge in [-0.15, -0.1) is 0 Å². The van der Waals surface area contributed by atoms with Gasteiger partial charge in [0.05, 0.1) is 25.1 Å². The number of hydrogen-bond donors (Lipinski definition) is 0. The van der Waals surface area contributed by atoms with E-state index in [1.54, 1.807) is 23.9 Å². The predicted molar refractivity (Wildman–Crippen MR) is 90.9 cm³/mol. The highest BCUT2D eigenvalue weighted by molar-refractivity contribution is 5.73. The van der Waals surface area contributed by atoms with Crippen LogP contribution in [0.1, 0.15) is 26.0 Å². The number of likely N-dealkylation sites (tertiary alicyclic amines) is 1. The number of carbonyl (C=O) groups is 1. The van der Waals surface area contributed by atoms with E-state index in [0.717, 1.165) is 25.9 Å². The molecule has 4 rings (SSSR count). The van der Waals surface area contributed by atoms with Crippen LogP contribution in [0, 0.1) is 11.7 Å². The number of pyridine rings is 1. The second-order valence-electron chi connectivity index (χ2n) is 6.71. The van der Waals surface area contributed by atoms with Gasteiger partial charge in [-0.2, -0.15) is 5.10 Å². The molecule has 0 N–H and O–H groups in total. The van der Waals surface area contributed by atoms with Crippen LogP contribution in [-0.2, 0) is 9.53 Å². The van der Waals surface area contributed by atoms with E-state index in [1.165, 1.54) is 12.3 Å². The zero-order valence-electron chi connectivity index (χ0n) is 14.6. The number of aromatic nitrogens is 3. The minimum Gasteiger partial charge on any atom is -0.492 e. The molecule has 0 aliphatic carbocycles. The molecule has 26 heavy (non-hydrogen) atoms. The first-order valence-electron chi connectivity index (χ1n) is 8.81. The Bertz CT molecular complexity index is 797. The zero-order valence-corrected chi connectivity index (χ0v) is 14.6. The van der Waals surface area contributed by atoms with Crippen LogP contribution in [-0.4, -0.2) is 51.9 Å². The van der Waals surface area contributed by atoms with E-state index in [4.69, 9.17) is 9.47 Å². The third-order valence-electron chi connectivity index (χ3n) is 4.86. The highest BCUT2D eigenvalue weighted by atomic mass is 19.1. The van der Waals surface area contributed by atoms with Gasteiger partial charge in [-0.1, -0.05) is 0 Å². The fourth-order valence-corrected chi connectivity index (χ4v) is 3.23. The zero-order chi connectivity index (χ0) is 18.1. The molecule has 0 saturated carbocycles. The van der Waals surface area contributed by atoms with Crippen LogP contribution in [0.3, 0.4) is 0 Å². The monoisotopic (exact) mass is 360 g/mol. The summed E-state index contributed by atoms with van der Waals surface area (Å²) in [5.41, 5.74) is 0.827. The summed E-state index contributed by atoms with van der Waals surface area (Å²) in [6.45, 7) is 4.18. The van der Waals surface area contributed by atoms with E-state index in [9.17, 15) is 9.18 Å². The molecular weight excluding hydrogens is 339 g/mol. The van der Waals surface area contributed by atoms with Crippen molar-refractivity contribution < 1.29 is 18.7 Å². The van der Waals surface area contributed by atoms with Crippen molar-refractivity contribution >= 4 is 5.91 Å². The van der Waals surface area contributed by atoms with E-state index in [2.05, 4.69) is 10.1 Å². The summed E-state index contributed by atoms with van der Waals surface area (Å²) in [6.07, 6.45) is 4.81. The molecule has 0 radical (unpaired) electrons. The van der Waals surface area contributed by atoms with Crippen molar-refractivity contribution in [3.63, 3.8) is 0 Å². The summed E-state index contributed by atoms with van der Waals surface area (Å²) in [4.78, 5) is 17.4. The molecule has 0 bridgehead atoms. The second-order valence-corrected chi connectivity index (χ2v) is 6.71. The maximum Gasteiger partial charge on any atom is 0.219 e. The van der Waals surface area contributed by atoms with Crippen molar-refractivity contribution in [2.75, 3.05) is 26.3 Å². The van der Waals surface area contributed by atoms with E-state index < -0.39 is 5.82 Å². The molecule has 4 heterocycles. The van der Waals surface area contributed by atoms with E-state index in [-0.39, 0.29) is 17.8 Å². The molecular formula is C18H21FN4O3. The fourth-order valence-electron chi connectivity index (χ4n) is 3.23. The second kappa shape index (κ2) is 7.03. The first kappa shape index (κ1) is 17.0. The molecule has 2 aliphatic heterocycles. The maximum atomic E-state index is 14.5. The lowest BCUT2D eigenvalue weighted by molar-refractivity contribution is -0.130. The Morgan fingerprint density at radius 1 is 1.42 bits per heavy atom. The largest absolute Gasteiger partial charge is 0.492 e. The lowest BCUT2D eigenvalue weighted by atomic mass is 9.98. The van der Waals surface area contributed by atoms with Crippen molar-refractivity contribution in [2.45, 2.75) is 26.0 Å². The first-order chi connectivity index (χ1) is 12.6. The standard InChI is InChI=1S/C18H21FN4O3/c1-12(24)22-6-3-13(4-7-22)10-25-14-8-15(19)18(20-9-14)16-2-5-21-23(16)17-11-26-17/h2,5,8-9,13,17H,3-4,6-7,10-11H2,1H3. The topological polar surface area (TPSA) is 72.8 Å². The van der Waals surface area contributed by atoms with Crippen LogP contribution in [0.15, 0.2) is 24.5 Å². The summed E-state index contributed by atoms with van der Waals surface area (Å²) < 4.78 is 27.1. The lowest BCUT2D eigenvalue weighted by Gasteiger charge is -2.31. The summed E-state index contributed by atoms with van der Waals surface area (Å²) in [6, 6.07) is 3.08. The van der Waals surface area contributed by atoms with Crippen LogP contribution < -0.4 is 4.74 Å². The Balaban J connectivity index is 1.37. The number of halogens is 1. The van der Waals surface area contributed by atoms with Crippen molar-refractivity contribution in [1.29, 1.82) is 0 Å². The highest BCUT2D eigenvalue weighted by Gasteiger charge is 2.29. The molecule has 2 aromatic heterocycles. The fraction of sp³-hybridized carbons (Fsp3) is 0.500. The average molecular weight is 360 g/mol. The number of nitrogens with zero attached hydrogens (tertiary/aromatic N) is 4. The van der Waals surface area contributed by atoms with Crippen molar-refractivity contribution in [3.05, 3.63) is 30.3 Å². The first-order valence-corrected chi connectivity index (χ1v) is 8.81. The Labute approximate surface area is 150 Å². The number of hydrogen-bond acceptors (Lipinski definition) is 5. The number of carbonyl (C=O) groups excluding carboxylic acids is 1. The SMILES string of the molecule is CC(=O)N1CCC(COc2cnc(-c3ccnn3C3CO3)c(F)c2)CC1.